The predicted octanol–water partition coefficient (Wildman–Crippen LogP) is 1.23. The van der Waals surface area contributed by atoms with Gasteiger partial charge in [-0.1, -0.05) is 0 Å². The molecule has 1 rings (SSSR count). The average Bonchev–Trinajstić information content (AvgIpc) is 2.41. The quantitative estimate of drug-likeness (QED) is 0.323. The Kier molecular flexibility index (Phi) is 5.17. The van der Waals surface area contributed by atoms with E-state index in [0.29, 0.717) is 0 Å². The van der Waals surface area contributed by atoms with E-state index in [1.807, 2.05) is 0 Å². The minimum absolute atomic E-state index is 0.132. The van der Waals surface area contributed by atoms with Crippen LogP contribution >= 0.6 is 0 Å². The number of hydrogen-bond donors (Lipinski definition) is 3. The lowest BCUT2D eigenvalue weighted by Crippen LogP contribution is -2.22. The molecule has 0 amide bonds. The van der Waals surface area contributed by atoms with Gasteiger partial charge in [0.2, 0.25) is 5.71 Å². The number of nitrogens with zero attached hydrogens (tertiary/aromatic N) is 2. The van der Waals surface area contributed by atoms with Crippen LogP contribution in [0, 0.1) is 22.6 Å². The molecule has 0 saturated heterocycles. The first-order valence-electron chi connectivity index (χ1n) is 5.54. The van der Waals surface area contributed by atoms with Crippen molar-refractivity contribution >= 4 is 23.2 Å². The van der Waals surface area contributed by atoms with Crippen molar-refractivity contribution in [1.82, 2.24) is 0 Å². The minimum atomic E-state index is -0.678. The maximum absolute atomic E-state index is 13.5. The Balaban J connectivity index is 3.01. The number of nitrogens with one attached hydrogen (secondary N) is 2. The van der Waals surface area contributed by atoms with E-state index < -0.39 is 23.3 Å². The molecule has 104 valence electrons. The molecule has 0 atom stereocenters. The highest BCUT2D eigenvalue weighted by Gasteiger charge is 2.11. The summed E-state index contributed by atoms with van der Waals surface area (Å²) in [6, 6.07) is 5.08. The van der Waals surface area contributed by atoms with Crippen LogP contribution in [0.4, 0.5) is 10.1 Å². The standard InChI is InChI=1S/C12H12FN5O2/c1-2-20-12(19)7-3-4-8(13)9(5-7)17-18-10(6-14)11(15)16/h3-5,17H,2H2,1H3,(H3,15,16)/b18-10+. The maximum Gasteiger partial charge on any atom is 0.338 e. The Morgan fingerprint density at radius 3 is 2.90 bits per heavy atom. The third kappa shape index (κ3) is 3.78. The van der Waals surface area contributed by atoms with E-state index in [1.165, 1.54) is 12.1 Å². The normalized spacial score (nSPS) is 10.6. The molecule has 1 aromatic carbocycles. The number of ether oxygens (including phenoxy) is 1. The van der Waals surface area contributed by atoms with Crippen LogP contribution in [-0.4, -0.2) is 24.1 Å². The van der Waals surface area contributed by atoms with Gasteiger partial charge in [0.1, 0.15) is 11.9 Å². The van der Waals surface area contributed by atoms with E-state index in [4.69, 9.17) is 21.1 Å². The molecule has 0 aliphatic rings. The number of rotatable bonds is 5. The second kappa shape index (κ2) is 6.84. The highest BCUT2D eigenvalue weighted by Crippen LogP contribution is 2.17. The number of halogens is 1. The zero-order valence-electron chi connectivity index (χ0n) is 10.6. The molecule has 0 saturated carbocycles. The first-order chi connectivity index (χ1) is 9.49. The van der Waals surface area contributed by atoms with E-state index in [-0.39, 0.29) is 17.9 Å². The zero-order chi connectivity index (χ0) is 15.1. The molecule has 0 aliphatic carbocycles. The lowest BCUT2D eigenvalue weighted by Gasteiger charge is -2.06. The van der Waals surface area contributed by atoms with Crippen molar-refractivity contribution in [3.05, 3.63) is 29.6 Å². The fourth-order valence-corrected chi connectivity index (χ4v) is 1.21. The van der Waals surface area contributed by atoms with Gasteiger partial charge in [0.05, 0.1) is 17.9 Å². The highest BCUT2D eigenvalue weighted by molar-refractivity contribution is 6.45. The van der Waals surface area contributed by atoms with Crippen molar-refractivity contribution in [1.29, 1.82) is 10.7 Å². The van der Waals surface area contributed by atoms with Crippen LogP contribution in [0.5, 0.6) is 0 Å². The summed E-state index contributed by atoms with van der Waals surface area (Å²) in [6.45, 7) is 1.84. The molecule has 8 heteroatoms. The fraction of sp³-hybridized carbons (Fsp3) is 0.167. The Hall–Kier alpha value is -2.95. The summed E-state index contributed by atoms with van der Waals surface area (Å²) in [5, 5.41) is 19.2. The van der Waals surface area contributed by atoms with E-state index in [1.54, 1.807) is 13.0 Å². The number of nitriles is 1. The lowest BCUT2D eigenvalue weighted by atomic mass is 10.2. The number of hydrogen-bond acceptors (Lipinski definition) is 6. The second-order valence-electron chi connectivity index (χ2n) is 3.51. The number of carbonyl (C=O) groups is 1. The van der Waals surface area contributed by atoms with Crippen molar-refractivity contribution < 1.29 is 13.9 Å². The van der Waals surface area contributed by atoms with Gasteiger partial charge in [-0.3, -0.25) is 10.8 Å². The second-order valence-corrected chi connectivity index (χ2v) is 3.51. The number of amidine groups is 1. The van der Waals surface area contributed by atoms with Crippen LogP contribution in [0.1, 0.15) is 17.3 Å². The number of benzene rings is 1. The first kappa shape index (κ1) is 15.1. The molecule has 0 aliphatic heterocycles. The van der Waals surface area contributed by atoms with Crippen LogP contribution in [0.25, 0.3) is 0 Å². The number of nitrogens with two attached hydrogens (primary N) is 1. The van der Waals surface area contributed by atoms with Crippen LogP contribution in [0.2, 0.25) is 0 Å². The summed E-state index contributed by atoms with van der Waals surface area (Å²) >= 11 is 0. The van der Waals surface area contributed by atoms with Crippen molar-refractivity contribution in [3.63, 3.8) is 0 Å². The van der Waals surface area contributed by atoms with Gasteiger partial charge in [-0.2, -0.15) is 10.4 Å². The summed E-state index contributed by atoms with van der Waals surface area (Å²) in [5.74, 6) is -1.84. The zero-order valence-corrected chi connectivity index (χ0v) is 10.6. The SMILES string of the molecule is CCOC(=O)c1ccc(F)c(N/N=C(\C#N)C(=N)N)c1. The van der Waals surface area contributed by atoms with E-state index in [2.05, 4.69) is 10.5 Å². The lowest BCUT2D eigenvalue weighted by molar-refractivity contribution is 0.0526. The van der Waals surface area contributed by atoms with Gasteiger partial charge in [0.15, 0.2) is 5.84 Å². The first-order valence-corrected chi connectivity index (χ1v) is 5.54. The Morgan fingerprint density at radius 1 is 1.65 bits per heavy atom. The maximum atomic E-state index is 13.5. The monoisotopic (exact) mass is 277 g/mol. The Labute approximate surface area is 114 Å². The average molecular weight is 277 g/mol. The molecule has 20 heavy (non-hydrogen) atoms. The molecule has 0 radical (unpaired) electrons. The molecular weight excluding hydrogens is 265 g/mol. The third-order valence-electron chi connectivity index (χ3n) is 2.13. The largest absolute Gasteiger partial charge is 0.462 e. The predicted molar refractivity (Wildman–Crippen MR) is 70.9 cm³/mol. The van der Waals surface area contributed by atoms with Crippen LogP contribution in [0.15, 0.2) is 23.3 Å². The van der Waals surface area contributed by atoms with E-state index in [9.17, 15) is 9.18 Å². The van der Waals surface area contributed by atoms with Crippen LogP contribution in [-0.2, 0) is 4.74 Å². The minimum Gasteiger partial charge on any atom is -0.462 e. The molecule has 4 N–H and O–H groups in total. The fourth-order valence-electron chi connectivity index (χ4n) is 1.21. The molecule has 0 spiro atoms. The van der Waals surface area contributed by atoms with Gasteiger partial charge in [-0.15, -0.1) is 0 Å². The van der Waals surface area contributed by atoms with Crippen molar-refractivity contribution in [2.45, 2.75) is 6.92 Å². The summed E-state index contributed by atoms with van der Waals surface area (Å²) in [4.78, 5) is 11.5. The van der Waals surface area contributed by atoms with Gasteiger partial charge in [0, 0.05) is 0 Å². The molecule has 7 nitrogen and oxygen atoms in total. The number of hydrazone groups is 1. The van der Waals surface area contributed by atoms with Gasteiger partial charge < -0.3 is 10.5 Å². The topological polar surface area (TPSA) is 124 Å². The molecule has 0 aromatic heterocycles. The summed E-state index contributed by atoms with van der Waals surface area (Å²) in [7, 11) is 0. The number of esters is 1. The van der Waals surface area contributed by atoms with Crippen molar-refractivity contribution in [3.8, 4) is 6.07 Å². The summed E-state index contributed by atoms with van der Waals surface area (Å²) < 4.78 is 18.3. The highest BCUT2D eigenvalue weighted by atomic mass is 19.1. The van der Waals surface area contributed by atoms with Crippen LogP contribution in [0.3, 0.4) is 0 Å². The van der Waals surface area contributed by atoms with Gasteiger partial charge in [-0.05, 0) is 25.1 Å². The van der Waals surface area contributed by atoms with E-state index in [0.717, 1.165) is 6.07 Å². The molecular formula is C12H12FN5O2. The Bertz CT molecular complexity index is 606. The number of anilines is 1. The molecule has 0 heterocycles. The summed E-state index contributed by atoms with van der Waals surface area (Å²) in [5.41, 5.74) is 6.93. The van der Waals surface area contributed by atoms with E-state index >= 15 is 0 Å². The number of carbonyl (C=O) groups excluding carboxylic acids is 1. The van der Waals surface area contributed by atoms with Crippen LogP contribution < -0.4 is 11.2 Å². The van der Waals surface area contributed by atoms with Crippen molar-refractivity contribution in [2.75, 3.05) is 12.0 Å². The summed E-state index contributed by atoms with van der Waals surface area (Å²) in [6.07, 6.45) is 0. The molecule has 1 aromatic rings. The van der Waals surface area contributed by atoms with Gasteiger partial charge in [-0.25, -0.2) is 9.18 Å². The van der Waals surface area contributed by atoms with Crippen molar-refractivity contribution in [2.24, 2.45) is 10.8 Å². The molecule has 0 bridgehead atoms. The third-order valence-corrected chi connectivity index (χ3v) is 2.13. The smallest absolute Gasteiger partial charge is 0.338 e. The van der Waals surface area contributed by atoms with Gasteiger partial charge in [0.25, 0.3) is 0 Å². The van der Waals surface area contributed by atoms with Gasteiger partial charge >= 0.3 is 5.97 Å². The molecule has 0 unspecified atom stereocenters. The Morgan fingerprint density at radius 2 is 2.35 bits per heavy atom. The molecule has 0 fully saturated rings.